The molecule has 5 atom stereocenters. The van der Waals surface area contributed by atoms with Crippen LogP contribution in [0, 0.1) is 5.92 Å². The highest BCUT2D eigenvalue weighted by Crippen LogP contribution is 2.40. The van der Waals surface area contributed by atoms with E-state index in [0.717, 1.165) is 11.7 Å². The highest BCUT2D eigenvalue weighted by atomic mass is 32.3. The van der Waals surface area contributed by atoms with Gasteiger partial charge in [0.05, 0.1) is 49.7 Å². The first-order valence-corrected chi connectivity index (χ1v) is 26.0. The molecule has 5 N–H and O–H groups in total. The molecule has 0 saturated carbocycles. The molecule has 27 heteroatoms. The molecule has 2 aromatic rings. The summed E-state index contributed by atoms with van der Waals surface area (Å²) < 4.78 is 93.7. The standard InChI is InChI=1S/C40H61N7O16S4/c1-8-41-30-22-47(12-9-15-59-7)67(57,58)39-29(30)19-34(64-39)66(55,56)45-25(3)35(52)24(2)26(4)62-32(50)10-11-33(51)63-28(21-42-40(5,6)20-27(38(53)54)18-31(48)49)23-61-37-36(43-65-44-37)46-13-16-60-17-14-46/h18-19,24-26,28,30,41-42,45H,8-17,20-23H2,1-7H3,(H,48,49)(H,53,54)/b27-18-/t24-,25?,26?,28+,30+/m1/s1. The predicted octanol–water partition coefficient (Wildman–Crippen LogP) is 1.56. The van der Waals surface area contributed by atoms with E-state index in [1.807, 2.05) is 11.8 Å². The molecule has 0 spiro atoms. The first-order valence-electron chi connectivity index (χ1n) is 21.5. The molecule has 0 radical (unpaired) electrons. The Morgan fingerprint density at radius 2 is 1.73 bits per heavy atom. The number of anilines is 1. The van der Waals surface area contributed by atoms with E-state index < -0.39 is 98.3 Å². The van der Waals surface area contributed by atoms with Crippen LogP contribution in [-0.2, 0) is 63.0 Å². The van der Waals surface area contributed by atoms with E-state index in [0.29, 0.717) is 74.7 Å². The van der Waals surface area contributed by atoms with Gasteiger partial charge in [0.2, 0.25) is 5.82 Å². The maximum Gasteiger partial charge on any atom is 0.331 e. The van der Waals surface area contributed by atoms with Crippen LogP contribution >= 0.6 is 23.1 Å². The lowest BCUT2D eigenvalue weighted by molar-refractivity contribution is -0.158. The number of sulfonamides is 2. The maximum absolute atomic E-state index is 13.6. The zero-order valence-corrected chi connectivity index (χ0v) is 41.7. The highest BCUT2D eigenvalue weighted by molar-refractivity contribution is 7.94. The van der Waals surface area contributed by atoms with Crippen molar-refractivity contribution in [3.63, 3.8) is 0 Å². The number of morpholine rings is 1. The SMILES string of the molecule is CCN[C@H]1CN(CCCOC)S(=O)(=O)c2sc(S(=O)(=O)NC(C)C(=O)[C@H](C)C(C)OC(=O)CCC(=O)O[C@@H](CNC(C)(C)C/C(=C/C(=O)O)C(=O)O)COc3nsnc3N3CCOCC3)cc21. The summed E-state index contributed by atoms with van der Waals surface area (Å²) in [6, 6.07) is -0.471. The van der Waals surface area contributed by atoms with Crippen molar-refractivity contribution in [2.24, 2.45) is 5.92 Å². The van der Waals surface area contributed by atoms with Crippen molar-refractivity contribution < 1.29 is 74.7 Å². The van der Waals surface area contributed by atoms with Crippen molar-refractivity contribution in [3.8, 4) is 5.88 Å². The molecule has 0 aliphatic carbocycles. The number of hydrogen-bond acceptors (Lipinski definition) is 21. The van der Waals surface area contributed by atoms with Gasteiger partial charge in [0.1, 0.15) is 27.2 Å². The largest absolute Gasteiger partial charge is 0.478 e. The summed E-state index contributed by atoms with van der Waals surface area (Å²) in [5.41, 5.74) is -1.05. The number of rotatable bonds is 28. The number of ether oxygens (including phenoxy) is 5. The van der Waals surface area contributed by atoms with E-state index in [4.69, 9.17) is 28.8 Å². The molecule has 4 heterocycles. The van der Waals surface area contributed by atoms with Crippen molar-refractivity contribution in [1.29, 1.82) is 0 Å². The van der Waals surface area contributed by atoms with E-state index in [2.05, 4.69) is 24.1 Å². The molecule has 1 saturated heterocycles. The van der Waals surface area contributed by atoms with Crippen molar-refractivity contribution >= 4 is 78.6 Å². The minimum Gasteiger partial charge on any atom is -0.478 e. The second-order valence-electron chi connectivity index (χ2n) is 16.5. The van der Waals surface area contributed by atoms with Crippen LogP contribution in [0.5, 0.6) is 5.88 Å². The number of ketones is 1. The summed E-state index contributed by atoms with van der Waals surface area (Å²) in [6.45, 7) is 12.2. The number of aliphatic carboxylic acids is 2. The number of esters is 2. The van der Waals surface area contributed by atoms with Crippen molar-refractivity contribution in [1.82, 2.24) is 28.4 Å². The van der Waals surface area contributed by atoms with Gasteiger partial charge in [-0.2, -0.15) is 8.68 Å². The topological polar surface area (TPSA) is 309 Å². The molecule has 1 fully saturated rings. The number of carbonyl (C=O) groups is 5. The molecule has 67 heavy (non-hydrogen) atoms. The Morgan fingerprint density at radius 3 is 2.36 bits per heavy atom. The Hall–Kier alpha value is -4.19. The van der Waals surface area contributed by atoms with Gasteiger partial charge in [0.15, 0.2) is 5.78 Å². The zero-order valence-electron chi connectivity index (χ0n) is 38.5. The van der Waals surface area contributed by atoms with Crippen LogP contribution in [-0.4, -0.2) is 166 Å². The van der Waals surface area contributed by atoms with Crippen LogP contribution in [0.1, 0.15) is 78.8 Å². The van der Waals surface area contributed by atoms with Crippen molar-refractivity contribution in [2.75, 3.05) is 77.7 Å². The smallest absolute Gasteiger partial charge is 0.331 e. The van der Waals surface area contributed by atoms with Gasteiger partial charge in [-0.1, -0.05) is 13.8 Å². The molecule has 376 valence electrons. The lowest BCUT2D eigenvalue weighted by Gasteiger charge is -2.32. The summed E-state index contributed by atoms with van der Waals surface area (Å²) in [5.74, 6) is -5.49. The van der Waals surface area contributed by atoms with Gasteiger partial charge in [-0.15, -0.1) is 15.7 Å². The van der Waals surface area contributed by atoms with Crippen LogP contribution in [0.4, 0.5) is 5.82 Å². The van der Waals surface area contributed by atoms with Gasteiger partial charge < -0.3 is 49.4 Å². The van der Waals surface area contributed by atoms with Gasteiger partial charge in [-0.05, 0) is 53.1 Å². The summed E-state index contributed by atoms with van der Waals surface area (Å²) in [6.07, 6.45) is -2.16. The second-order valence-corrected chi connectivity index (χ2v) is 22.2. The number of likely N-dealkylation sites (N-methyl/N-ethyl adjacent to an activating group) is 1. The molecule has 4 rings (SSSR count). The Bertz CT molecular complexity index is 2300. The van der Waals surface area contributed by atoms with Crippen molar-refractivity contribution in [3.05, 3.63) is 23.3 Å². The minimum absolute atomic E-state index is 0.0926. The van der Waals surface area contributed by atoms with Gasteiger partial charge in [-0.3, -0.25) is 14.4 Å². The van der Waals surface area contributed by atoms with Gasteiger partial charge in [0, 0.05) is 75.2 Å². The lowest BCUT2D eigenvalue weighted by atomic mass is 9.94. The lowest BCUT2D eigenvalue weighted by Crippen LogP contribution is -2.46. The van der Waals surface area contributed by atoms with Crippen molar-refractivity contribution in [2.45, 2.75) is 105 Å². The van der Waals surface area contributed by atoms with E-state index in [1.165, 1.54) is 38.3 Å². The molecule has 2 unspecified atom stereocenters. The summed E-state index contributed by atoms with van der Waals surface area (Å²) in [4.78, 5) is 64.5. The second kappa shape index (κ2) is 24.9. The van der Waals surface area contributed by atoms with Gasteiger partial charge in [-0.25, -0.2) is 31.1 Å². The monoisotopic (exact) mass is 1020 g/mol. The predicted molar refractivity (Wildman–Crippen MR) is 243 cm³/mol. The third kappa shape index (κ3) is 15.9. The number of carboxylic acid groups (broad SMARTS) is 2. The normalized spacial score (nSPS) is 18.6. The average Bonchev–Trinajstić information content (AvgIpc) is 3.94. The third-order valence-electron chi connectivity index (χ3n) is 10.7. The summed E-state index contributed by atoms with van der Waals surface area (Å²) in [5, 5.41) is 25.0. The van der Waals surface area contributed by atoms with Crippen LogP contribution in [0.2, 0.25) is 0 Å². The Kier molecular flexibility index (Phi) is 20.6. The molecule has 0 amide bonds. The highest BCUT2D eigenvalue weighted by Gasteiger charge is 2.41. The average molecular weight is 1020 g/mol. The number of carbonyl (C=O) groups excluding carboxylic acids is 3. The molecule has 2 aliphatic heterocycles. The maximum atomic E-state index is 13.6. The number of hydrogen-bond donors (Lipinski definition) is 5. The fourth-order valence-corrected chi connectivity index (χ4v) is 12.7. The van der Waals surface area contributed by atoms with Crippen LogP contribution in [0.3, 0.4) is 0 Å². The minimum atomic E-state index is -4.40. The molecule has 0 aromatic carbocycles. The van der Waals surface area contributed by atoms with Crippen LogP contribution < -0.4 is 25.0 Å². The summed E-state index contributed by atoms with van der Waals surface area (Å²) >= 11 is 1.52. The quantitative estimate of drug-likeness (QED) is 0.0459. The number of Topliss-reactive ketones (excluding diaryl/α,β-unsaturated/α-hetero) is 1. The number of nitrogens with one attached hydrogen (secondary N) is 3. The van der Waals surface area contributed by atoms with E-state index >= 15 is 0 Å². The number of methoxy groups -OCH3 is 1. The molecule has 2 aromatic heterocycles. The Balaban J connectivity index is 1.35. The van der Waals surface area contributed by atoms with E-state index in [1.54, 1.807) is 13.8 Å². The molecule has 0 bridgehead atoms. The number of carboxylic acids is 2. The fourth-order valence-electron chi connectivity index (χ4n) is 7.08. The summed E-state index contributed by atoms with van der Waals surface area (Å²) in [7, 11) is -6.91. The van der Waals surface area contributed by atoms with E-state index in [9.17, 15) is 45.9 Å². The van der Waals surface area contributed by atoms with Crippen LogP contribution in [0.15, 0.2) is 26.1 Å². The van der Waals surface area contributed by atoms with E-state index in [-0.39, 0.29) is 52.5 Å². The molecular weight excluding hydrogens is 963 g/mol. The fraction of sp³-hybridized carbons (Fsp3) is 0.675. The first-order chi connectivity index (χ1) is 31.5. The molecule has 2 aliphatic rings. The zero-order chi connectivity index (χ0) is 49.7. The Morgan fingerprint density at radius 1 is 1.06 bits per heavy atom. The number of fused-ring (bicyclic) bond motifs is 1. The first kappa shape index (κ1) is 55.4. The number of thiophene rings is 1. The third-order valence-corrected chi connectivity index (χ3v) is 16.8. The molecular formula is C40H61N7O16S4. The number of aromatic nitrogens is 2. The number of nitrogens with zero attached hydrogens (tertiary/aromatic N) is 4. The van der Waals surface area contributed by atoms with Crippen LogP contribution in [0.25, 0.3) is 0 Å². The van der Waals surface area contributed by atoms with Gasteiger partial charge in [0.25, 0.3) is 25.9 Å². The molecule has 23 nitrogen and oxygen atoms in total. The van der Waals surface area contributed by atoms with Gasteiger partial charge >= 0.3 is 23.9 Å². The Labute approximate surface area is 398 Å².